The number of hydrogen-bond acceptors (Lipinski definition) is 6. The lowest BCUT2D eigenvalue weighted by Gasteiger charge is -2.09. The number of fused-ring (bicyclic) bond motifs is 1. The predicted molar refractivity (Wildman–Crippen MR) is 118 cm³/mol. The van der Waals surface area contributed by atoms with Crippen molar-refractivity contribution in [1.29, 1.82) is 5.26 Å². The molecule has 4 rings (SSSR count). The van der Waals surface area contributed by atoms with Crippen molar-refractivity contribution in [1.82, 2.24) is 19.9 Å². The van der Waals surface area contributed by atoms with Crippen LogP contribution in [0.2, 0.25) is 0 Å². The number of benzene rings is 1. The third kappa shape index (κ3) is 4.27. The number of aromatic nitrogens is 4. The van der Waals surface area contributed by atoms with E-state index in [2.05, 4.69) is 31.0 Å². The Hall–Kier alpha value is -4.09. The normalized spacial score (nSPS) is 12.3. The molecule has 154 valence electrons. The average Bonchev–Trinajstić information content (AvgIpc) is 3.21. The molecule has 0 aliphatic rings. The molecule has 0 radical (unpaired) electrons. The van der Waals surface area contributed by atoms with Gasteiger partial charge in [0, 0.05) is 30.7 Å². The Morgan fingerprint density at radius 3 is 2.97 bits per heavy atom. The summed E-state index contributed by atoms with van der Waals surface area (Å²) in [6, 6.07) is 11.1. The summed E-state index contributed by atoms with van der Waals surface area (Å²) >= 11 is 0. The van der Waals surface area contributed by atoms with Crippen LogP contribution in [0.4, 0.5) is 5.69 Å². The molecule has 3 heterocycles. The maximum atomic E-state index is 12.6. The molecule has 8 nitrogen and oxygen atoms in total. The number of aliphatic imine (C=N–C) groups is 1. The minimum Gasteiger partial charge on any atom is -0.396 e. The maximum absolute atomic E-state index is 12.6. The van der Waals surface area contributed by atoms with Crippen LogP contribution in [0.3, 0.4) is 0 Å². The Labute approximate surface area is 178 Å². The van der Waals surface area contributed by atoms with Gasteiger partial charge in [-0.05, 0) is 48.7 Å². The van der Waals surface area contributed by atoms with Crippen LogP contribution in [-0.2, 0) is 6.42 Å². The second-order valence-corrected chi connectivity index (χ2v) is 7.24. The highest BCUT2D eigenvalue weighted by Gasteiger charge is 2.16. The number of aryl methyl sites for hydroxylation is 1. The molecule has 31 heavy (non-hydrogen) atoms. The highest BCUT2D eigenvalue weighted by molar-refractivity contribution is 5.86. The zero-order valence-corrected chi connectivity index (χ0v) is 16.8. The van der Waals surface area contributed by atoms with Gasteiger partial charge in [-0.2, -0.15) is 5.26 Å². The molecule has 3 N–H and O–H groups in total. The summed E-state index contributed by atoms with van der Waals surface area (Å²) in [5.74, 6) is 0.141. The summed E-state index contributed by atoms with van der Waals surface area (Å²) in [4.78, 5) is 31.6. The second-order valence-electron chi connectivity index (χ2n) is 7.24. The van der Waals surface area contributed by atoms with E-state index in [4.69, 9.17) is 0 Å². The smallest absolute Gasteiger partial charge is 0.261 e. The van der Waals surface area contributed by atoms with Crippen LogP contribution in [0.15, 0.2) is 58.7 Å². The van der Waals surface area contributed by atoms with E-state index in [1.807, 2.05) is 19.1 Å². The van der Waals surface area contributed by atoms with E-state index in [1.165, 1.54) is 6.20 Å². The first-order valence-electron chi connectivity index (χ1n) is 9.75. The minimum atomic E-state index is -0.334. The van der Waals surface area contributed by atoms with Gasteiger partial charge >= 0.3 is 0 Å². The van der Waals surface area contributed by atoms with Crippen molar-refractivity contribution >= 4 is 22.9 Å². The first kappa shape index (κ1) is 20.2. The predicted octanol–water partition coefficient (Wildman–Crippen LogP) is 3.05. The van der Waals surface area contributed by atoms with E-state index >= 15 is 0 Å². The quantitative estimate of drug-likeness (QED) is 0.419. The Morgan fingerprint density at radius 2 is 2.23 bits per heavy atom. The van der Waals surface area contributed by atoms with Crippen LogP contribution in [0.1, 0.15) is 16.7 Å². The summed E-state index contributed by atoms with van der Waals surface area (Å²) in [7, 11) is 0. The molecule has 0 spiro atoms. The van der Waals surface area contributed by atoms with Gasteiger partial charge in [-0.3, -0.25) is 14.8 Å². The lowest BCUT2D eigenvalue weighted by Crippen LogP contribution is -2.12. The van der Waals surface area contributed by atoms with E-state index in [9.17, 15) is 15.2 Å². The van der Waals surface area contributed by atoms with Gasteiger partial charge in [-0.15, -0.1) is 0 Å². The van der Waals surface area contributed by atoms with Crippen molar-refractivity contribution < 1.29 is 5.11 Å². The molecule has 3 aromatic heterocycles. The Kier molecular flexibility index (Phi) is 5.69. The molecule has 1 unspecified atom stereocenters. The molecular weight excluding hydrogens is 392 g/mol. The number of nitriles is 1. The van der Waals surface area contributed by atoms with Crippen LogP contribution in [0, 0.1) is 24.2 Å². The van der Waals surface area contributed by atoms with Gasteiger partial charge in [0.25, 0.3) is 5.56 Å². The standard InChI is InChI=1S/C23H20N6O2/c1-14-7-16(10-24)9-19-21(14)29-22(28-19)20-18(4-6-26-23(20)31)27-12-17(13-30)8-15-3-2-5-25-11-15/h2-7,9,11-12,17,30H,8,13H2,1H3,(H,26,31)(H,28,29). The highest BCUT2D eigenvalue weighted by Crippen LogP contribution is 2.28. The van der Waals surface area contributed by atoms with Crippen LogP contribution in [0.5, 0.6) is 0 Å². The number of rotatable bonds is 6. The molecular formula is C23H20N6O2. The van der Waals surface area contributed by atoms with Gasteiger partial charge in [0.1, 0.15) is 11.4 Å². The van der Waals surface area contributed by atoms with Gasteiger partial charge in [-0.1, -0.05) is 6.07 Å². The lowest BCUT2D eigenvalue weighted by atomic mass is 10.0. The Morgan fingerprint density at radius 1 is 1.35 bits per heavy atom. The third-order valence-electron chi connectivity index (χ3n) is 4.96. The molecule has 0 fully saturated rings. The number of aliphatic hydroxyl groups is 1. The first-order valence-corrected chi connectivity index (χ1v) is 9.75. The molecule has 0 saturated heterocycles. The summed E-state index contributed by atoms with van der Waals surface area (Å²) in [6.07, 6.45) is 7.19. The number of nitrogens with one attached hydrogen (secondary N) is 2. The number of nitrogens with zero attached hydrogens (tertiary/aromatic N) is 4. The van der Waals surface area contributed by atoms with Gasteiger partial charge in [0.2, 0.25) is 0 Å². The fraction of sp³-hybridized carbons (Fsp3) is 0.174. The zero-order valence-electron chi connectivity index (χ0n) is 16.8. The van der Waals surface area contributed by atoms with Gasteiger partial charge in [0.15, 0.2) is 0 Å². The summed E-state index contributed by atoms with van der Waals surface area (Å²) in [5.41, 5.74) is 4.11. The van der Waals surface area contributed by atoms with Crippen LogP contribution in [-0.4, -0.2) is 37.9 Å². The van der Waals surface area contributed by atoms with E-state index < -0.39 is 0 Å². The van der Waals surface area contributed by atoms with Gasteiger partial charge < -0.3 is 15.1 Å². The van der Waals surface area contributed by atoms with E-state index in [0.717, 1.165) is 11.1 Å². The second kappa shape index (κ2) is 8.73. The Bertz CT molecular complexity index is 1350. The molecule has 0 amide bonds. The van der Waals surface area contributed by atoms with Gasteiger partial charge in [-0.25, -0.2) is 4.98 Å². The number of hydrogen-bond donors (Lipinski definition) is 3. The largest absolute Gasteiger partial charge is 0.396 e. The van der Waals surface area contributed by atoms with Crippen LogP contribution in [0.25, 0.3) is 22.4 Å². The maximum Gasteiger partial charge on any atom is 0.261 e. The third-order valence-corrected chi connectivity index (χ3v) is 4.96. The zero-order chi connectivity index (χ0) is 21.8. The van der Waals surface area contributed by atoms with Gasteiger partial charge in [0.05, 0.1) is 35.0 Å². The fourth-order valence-corrected chi connectivity index (χ4v) is 3.45. The van der Waals surface area contributed by atoms with Crippen LogP contribution < -0.4 is 5.56 Å². The Balaban J connectivity index is 1.72. The van der Waals surface area contributed by atoms with E-state index in [0.29, 0.717) is 40.1 Å². The molecule has 1 aromatic carbocycles. The number of imidazole rings is 1. The number of aliphatic hydroxyl groups excluding tert-OH is 1. The monoisotopic (exact) mass is 412 g/mol. The van der Waals surface area contributed by atoms with Crippen LogP contribution >= 0.6 is 0 Å². The van der Waals surface area contributed by atoms with E-state index in [1.54, 1.807) is 36.8 Å². The van der Waals surface area contributed by atoms with Crippen molar-refractivity contribution in [3.8, 4) is 17.5 Å². The molecule has 0 aliphatic carbocycles. The average molecular weight is 412 g/mol. The molecule has 0 saturated carbocycles. The summed E-state index contributed by atoms with van der Waals surface area (Å²) in [6.45, 7) is 1.78. The van der Waals surface area contributed by atoms with Crippen molar-refractivity contribution in [2.75, 3.05) is 6.61 Å². The molecule has 8 heteroatoms. The summed E-state index contributed by atoms with van der Waals surface area (Å²) in [5, 5.41) is 19.0. The molecule has 1 atom stereocenters. The molecule has 0 bridgehead atoms. The van der Waals surface area contributed by atoms with Crippen molar-refractivity contribution in [2.24, 2.45) is 10.9 Å². The van der Waals surface area contributed by atoms with Crippen molar-refractivity contribution in [3.63, 3.8) is 0 Å². The van der Waals surface area contributed by atoms with E-state index in [-0.39, 0.29) is 18.1 Å². The lowest BCUT2D eigenvalue weighted by molar-refractivity contribution is 0.263. The molecule has 0 aliphatic heterocycles. The topological polar surface area (TPSA) is 131 Å². The number of aromatic amines is 2. The SMILES string of the molecule is Cc1cc(C#N)cc2[nH]c(-c3c(N=CC(CO)Cc4cccnc4)cc[nH]c3=O)nc12. The summed E-state index contributed by atoms with van der Waals surface area (Å²) < 4.78 is 0. The fourth-order valence-electron chi connectivity index (χ4n) is 3.45. The van der Waals surface area contributed by atoms with Crippen molar-refractivity contribution in [2.45, 2.75) is 13.3 Å². The number of pyridine rings is 2. The minimum absolute atomic E-state index is 0.0856. The van der Waals surface area contributed by atoms with Crippen molar-refractivity contribution in [3.05, 3.63) is 76.0 Å². The molecule has 4 aromatic rings. The highest BCUT2D eigenvalue weighted by atomic mass is 16.3. The first-order chi connectivity index (χ1) is 15.1. The number of H-pyrrole nitrogens is 2.